The second-order valence-corrected chi connectivity index (χ2v) is 7.23. The number of rotatable bonds is 4. The molecule has 144 valence electrons. The summed E-state index contributed by atoms with van der Waals surface area (Å²) in [4.78, 5) is 14.2. The van der Waals surface area contributed by atoms with Gasteiger partial charge in [0.15, 0.2) is 11.6 Å². The van der Waals surface area contributed by atoms with Crippen LogP contribution < -0.4 is 0 Å². The van der Waals surface area contributed by atoms with Gasteiger partial charge in [-0.3, -0.25) is 0 Å². The first-order valence-corrected chi connectivity index (χ1v) is 10.2. The number of hydrogen-bond donors (Lipinski definition) is 0. The number of hydrogen-bond acceptors (Lipinski definition) is 3. The fraction of sp³-hybridized carbons (Fsp3) is 0.0741. The summed E-state index contributed by atoms with van der Waals surface area (Å²) in [6, 6.07) is 33.4. The Balaban J connectivity index is 1.64. The van der Waals surface area contributed by atoms with Gasteiger partial charge in [0, 0.05) is 17.5 Å². The molecule has 0 spiro atoms. The summed E-state index contributed by atoms with van der Waals surface area (Å²) in [7, 11) is 0. The number of aryl methyl sites for hydroxylation is 1. The number of benzene rings is 4. The molecule has 0 aliphatic rings. The maximum Gasteiger partial charge on any atom is 0.163 e. The average Bonchev–Trinajstić information content (AvgIpc) is 2.84. The molecule has 0 saturated heterocycles. The van der Waals surface area contributed by atoms with Crippen LogP contribution in [-0.4, -0.2) is 15.0 Å². The van der Waals surface area contributed by atoms with Crippen molar-refractivity contribution in [1.82, 2.24) is 15.0 Å². The molecule has 0 fully saturated rings. The molecule has 5 aromatic rings. The highest BCUT2D eigenvalue weighted by atomic mass is 15.0. The summed E-state index contributed by atoms with van der Waals surface area (Å²) in [6.45, 7) is 2.07. The highest BCUT2D eigenvalue weighted by Crippen LogP contribution is 2.31. The van der Waals surface area contributed by atoms with Crippen LogP contribution in [0.2, 0.25) is 0 Å². The highest BCUT2D eigenvalue weighted by molar-refractivity contribution is 5.97. The van der Waals surface area contributed by atoms with Crippen molar-refractivity contribution in [2.45, 2.75) is 13.3 Å². The third kappa shape index (κ3) is 3.46. The second kappa shape index (κ2) is 7.88. The molecule has 3 heteroatoms. The van der Waals surface area contributed by atoms with E-state index in [0.29, 0.717) is 11.6 Å². The lowest BCUT2D eigenvalue weighted by Crippen LogP contribution is -2.02. The van der Waals surface area contributed by atoms with Gasteiger partial charge in [0.1, 0.15) is 5.82 Å². The Morgan fingerprint density at radius 1 is 0.567 bits per heavy atom. The Bertz CT molecular complexity index is 1320. The van der Waals surface area contributed by atoms with Crippen LogP contribution in [0.25, 0.3) is 44.7 Å². The van der Waals surface area contributed by atoms with E-state index in [4.69, 9.17) is 9.97 Å². The summed E-state index contributed by atoms with van der Waals surface area (Å²) in [5.41, 5.74) is 4.36. The number of aromatic nitrogens is 3. The van der Waals surface area contributed by atoms with Crippen molar-refractivity contribution < 1.29 is 0 Å². The number of nitrogens with zero attached hydrogens (tertiary/aromatic N) is 3. The standard InChI is InChI=1S/C27H21N3/c1-2-25-28-26(20-11-4-3-5-12-20)30-27(29-25)22-15-8-14-21(18-22)24-17-9-13-19-10-6-7-16-23(19)24/h3-18H,2H2,1H3. The van der Waals surface area contributed by atoms with Crippen molar-refractivity contribution in [3.8, 4) is 33.9 Å². The minimum atomic E-state index is 0.711. The van der Waals surface area contributed by atoms with E-state index in [1.54, 1.807) is 0 Å². The lowest BCUT2D eigenvalue weighted by molar-refractivity contribution is 0.910. The van der Waals surface area contributed by atoms with Crippen LogP contribution >= 0.6 is 0 Å². The zero-order chi connectivity index (χ0) is 20.3. The Morgan fingerprint density at radius 3 is 2.03 bits per heavy atom. The van der Waals surface area contributed by atoms with Crippen LogP contribution in [0.5, 0.6) is 0 Å². The van der Waals surface area contributed by atoms with Crippen LogP contribution in [0, 0.1) is 0 Å². The molecule has 0 radical (unpaired) electrons. The van der Waals surface area contributed by atoms with Gasteiger partial charge in [-0.05, 0) is 28.0 Å². The first-order valence-electron chi connectivity index (χ1n) is 10.2. The summed E-state index contributed by atoms with van der Waals surface area (Å²) >= 11 is 0. The van der Waals surface area contributed by atoms with E-state index in [-0.39, 0.29) is 0 Å². The van der Waals surface area contributed by atoms with E-state index >= 15 is 0 Å². The first kappa shape index (κ1) is 18.2. The molecule has 1 heterocycles. The van der Waals surface area contributed by atoms with Crippen LogP contribution in [0.1, 0.15) is 12.7 Å². The predicted molar refractivity (Wildman–Crippen MR) is 123 cm³/mol. The molecular formula is C27H21N3. The first-order chi connectivity index (χ1) is 14.8. The van der Waals surface area contributed by atoms with Crippen LogP contribution in [0.3, 0.4) is 0 Å². The average molecular weight is 387 g/mol. The molecule has 4 aromatic carbocycles. The van der Waals surface area contributed by atoms with Crippen molar-refractivity contribution in [3.05, 3.63) is 103 Å². The topological polar surface area (TPSA) is 38.7 Å². The smallest absolute Gasteiger partial charge is 0.163 e. The number of fused-ring (bicyclic) bond motifs is 1. The van der Waals surface area contributed by atoms with Crippen LogP contribution in [0.4, 0.5) is 0 Å². The van der Waals surface area contributed by atoms with E-state index in [0.717, 1.165) is 28.9 Å². The molecule has 0 unspecified atom stereocenters. The molecular weight excluding hydrogens is 366 g/mol. The summed E-state index contributed by atoms with van der Waals surface area (Å²) < 4.78 is 0. The van der Waals surface area contributed by atoms with E-state index in [1.165, 1.54) is 16.3 Å². The molecule has 0 N–H and O–H groups in total. The normalized spacial score (nSPS) is 11.0. The van der Waals surface area contributed by atoms with E-state index < -0.39 is 0 Å². The maximum atomic E-state index is 4.80. The molecule has 0 saturated carbocycles. The molecule has 5 rings (SSSR count). The summed E-state index contributed by atoms with van der Waals surface area (Å²) in [6.07, 6.45) is 0.762. The van der Waals surface area contributed by atoms with Gasteiger partial charge in [0.05, 0.1) is 0 Å². The van der Waals surface area contributed by atoms with Crippen LogP contribution in [-0.2, 0) is 6.42 Å². The summed E-state index contributed by atoms with van der Waals surface area (Å²) in [5.74, 6) is 2.23. The Hall–Kier alpha value is -3.85. The van der Waals surface area contributed by atoms with Gasteiger partial charge < -0.3 is 0 Å². The zero-order valence-corrected chi connectivity index (χ0v) is 16.8. The molecule has 0 bridgehead atoms. The van der Waals surface area contributed by atoms with E-state index in [2.05, 4.69) is 78.6 Å². The lowest BCUT2D eigenvalue weighted by Gasteiger charge is -2.10. The zero-order valence-electron chi connectivity index (χ0n) is 16.8. The molecule has 30 heavy (non-hydrogen) atoms. The van der Waals surface area contributed by atoms with Crippen molar-refractivity contribution in [2.75, 3.05) is 0 Å². The third-order valence-electron chi connectivity index (χ3n) is 5.25. The summed E-state index contributed by atoms with van der Waals surface area (Å²) in [5, 5.41) is 2.48. The van der Waals surface area contributed by atoms with Crippen LogP contribution in [0.15, 0.2) is 97.1 Å². The van der Waals surface area contributed by atoms with Crippen molar-refractivity contribution in [2.24, 2.45) is 0 Å². The van der Waals surface area contributed by atoms with Gasteiger partial charge >= 0.3 is 0 Å². The van der Waals surface area contributed by atoms with Gasteiger partial charge in [0.25, 0.3) is 0 Å². The second-order valence-electron chi connectivity index (χ2n) is 7.23. The van der Waals surface area contributed by atoms with Gasteiger partial charge in [-0.1, -0.05) is 97.9 Å². The van der Waals surface area contributed by atoms with E-state index in [9.17, 15) is 0 Å². The molecule has 3 nitrogen and oxygen atoms in total. The van der Waals surface area contributed by atoms with Gasteiger partial charge in [-0.15, -0.1) is 0 Å². The van der Waals surface area contributed by atoms with Crippen molar-refractivity contribution >= 4 is 10.8 Å². The van der Waals surface area contributed by atoms with E-state index in [1.807, 2.05) is 30.3 Å². The Labute approximate surface area is 176 Å². The Morgan fingerprint density at radius 2 is 1.20 bits per heavy atom. The molecule has 0 amide bonds. The van der Waals surface area contributed by atoms with Gasteiger partial charge in [-0.2, -0.15) is 0 Å². The highest BCUT2D eigenvalue weighted by Gasteiger charge is 2.11. The largest absolute Gasteiger partial charge is 0.213 e. The monoisotopic (exact) mass is 387 g/mol. The lowest BCUT2D eigenvalue weighted by atomic mass is 9.97. The van der Waals surface area contributed by atoms with Crippen molar-refractivity contribution in [3.63, 3.8) is 0 Å². The Kier molecular flexibility index (Phi) is 4.78. The van der Waals surface area contributed by atoms with Gasteiger partial charge in [-0.25, -0.2) is 15.0 Å². The third-order valence-corrected chi connectivity index (χ3v) is 5.25. The quantitative estimate of drug-likeness (QED) is 0.349. The SMILES string of the molecule is CCc1nc(-c2ccccc2)nc(-c2cccc(-c3cccc4ccccc34)c2)n1. The van der Waals surface area contributed by atoms with Gasteiger partial charge in [0.2, 0.25) is 0 Å². The minimum absolute atomic E-state index is 0.711. The molecule has 1 aromatic heterocycles. The molecule has 0 atom stereocenters. The predicted octanol–water partition coefficient (Wildman–Crippen LogP) is 6.59. The molecule has 0 aliphatic heterocycles. The maximum absolute atomic E-state index is 4.80. The fourth-order valence-corrected chi connectivity index (χ4v) is 3.73. The fourth-order valence-electron chi connectivity index (χ4n) is 3.73. The van der Waals surface area contributed by atoms with Crippen molar-refractivity contribution in [1.29, 1.82) is 0 Å². The minimum Gasteiger partial charge on any atom is -0.213 e. The molecule has 0 aliphatic carbocycles.